The van der Waals surface area contributed by atoms with Crippen LogP contribution in [0.1, 0.15) is 5.56 Å². The lowest BCUT2D eigenvalue weighted by atomic mass is 10.2. The normalized spacial score (nSPS) is 13.3. The first kappa shape index (κ1) is 17.3. The maximum atomic E-state index is 12.5. The van der Waals surface area contributed by atoms with Crippen molar-refractivity contribution in [2.45, 2.75) is 11.3 Å². The van der Waals surface area contributed by atoms with Crippen LogP contribution in [-0.4, -0.2) is 32.3 Å². The van der Waals surface area contributed by atoms with Crippen LogP contribution < -0.4 is 14.4 Å². The standard InChI is InChI=1S/C19H18N4O3S/c1-26-15-6-8-16(9-7-15)27(24,25)22-18-10-11-19(21-20-18)23-13-12-14-4-2-3-5-17(14)23/h2-11H,12-13H2,1H3,(H,20,22). The monoisotopic (exact) mass is 382 g/mol. The summed E-state index contributed by atoms with van der Waals surface area (Å²) in [5.74, 6) is 1.44. The summed E-state index contributed by atoms with van der Waals surface area (Å²) >= 11 is 0. The Balaban J connectivity index is 1.52. The molecule has 1 aromatic heterocycles. The molecule has 1 aliphatic rings. The van der Waals surface area contributed by atoms with Crippen LogP contribution in [0.3, 0.4) is 0 Å². The fourth-order valence-electron chi connectivity index (χ4n) is 3.05. The molecule has 0 radical (unpaired) electrons. The Morgan fingerprint density at radius 2 is 1.78 bits per heavy atom. The lowest BCUT2D eigenvalue weighted by molar-refractivity contribution is 0.414. The van der Waals surface area contributed by atoms with Crippen LogP contribution in [0.4, 0.5) is 17.3 Å². The minimum Gasteiger partial charge on any atom is -0.497 e. The van der Waals surface area contributed by atoms with Gasteiger partial charge in [0, 0.05) is 12.2 Å². The van der Waals surface area contributed by atoms with Gasteiger partial charge in [-0.2, -0.15) is 0 Å². The third-order valence-corrected chi connectivity index (χ3v) is 5.79. The van der Waals surface area contributed by atoms with Gasteiger partial charge in [0.2, 0.25) is 0 Å². The van der Waals surface area contributed by atoms with Crippen molar-refractivity contribution >= 4 is 27.3 Å². The van der Waals surface area contributed by atoms with E-state index in [1.165, 1.54) is 24.8 Å². The minimum absolute atomic E-state index is 0.127. The highest BCUT2D eigenvalue weighted by Crippen LogP contribution is 2.33. The highest BCUT2D eigenvalue weighted by Gasteiger charge is 2.21. The molecule has 0 atom stereocenters. The summed E-state index contributed by atoms with van der Waals surface area (Å²) in [6.07, 6.45) is 0.948. The number of methoxy groups -OCH3 is 1. The first-order valence-electron chi connectivity index (χ1n) is 8.43. The zero-order valence-corrected chi connectivity index (χ0v) is 15.5. The fraction of sp³-hybridized carbons (Fsp3) is 0.158. The average molecular weight is 382 g/mol. The van der Waals surface area contributed by atoms with Crippen molar-refractivity contribution in [2.24, 2.45) is 0 Å². The Kier molecular flexibility index (Phi) is 4.41. The molecule has 0 aliphatic carbocycles. The molecule has 7 nitrogen and oxygen atoms in total. The molecule has 3 aromatic rings. The van der Waals surface area contributed by atoms with Crippen molar-refractivity contribution in [1.82, 2.24) is 10.2 Å². The summed E-state index contributed by atoms with van der Waals surface area (Å²) in [5, 5.41) is 8.23. The molecule has 1 N–H and O–H groups in total. The van der Waals surface area contributed by atoms with Gasteiger partial charge in [-0.3, -0.25) is 4.72 Å². The zero-order valence-electron chi connectivity index (χ0n) is 14.7. The molecule has 0 saturated heterocycles. The number of benzene rings is 2. The Hall–Kier alpha value is -3.13. The van der Waals surface area contributed by atoms with Crippen molar-refractivity contribution in [1.29, 1.82) is 0 Å². The van der Waals surface area contributed by atoms with Crippen molar-refractivity contribution in [3.63, 3.8) is 0 Å². The van der Waals surface area contributed by atoms with Gasteiger partial charge in [0.05, 0.1) is 12.0 Å². The molecule has 4 rings (SSSR count). The van der Waals surface area contributed by atoms with E-state index in [-0.39, 0.29) is 10.7 Å². The number of sulfonamides is 1. The van der Waals surface area contributed by atoms with Crippen LogP contribution in [0.25, 0.3) is 0 Å². The number of nitrogens with zero attached hydrogens (tertiary/aromatic N) is 3. The number of rotatable bonds is 5. The van der Waals surface area contributed by atoms with Crippen LogP contribution in [0.15, 0.2) is 65.6 Å². The van der Waals surface area contributed by atoms with Gasteiger partial charge in [0.25, 0.3) is 10.0 Å². The molecule has 0 bridgehead atoms. The minimum atomic E-state index is -3.74. The molecule has 0 saturated carbocycles. The number of ether oxygens (including phenoxy) is 1. The maximum absolute atomic E-state index is 12.5. The largest absolute Gasteiger partial charge is 0.497 e. The van der Waals surface area contributed by atoms with Crippen molar-refractivity contribution in [2.75, 3.05) is 23.3 Å². The van der Waals surface area contributed by atoms with Gasteiger partial charge in [0.15, 0.2) is 11.6 Å². The third kappa shape index (κ3) is 3.43. The second kappa shape index (κ2) is 6.88. The molecule has 0 spiro atoms. The third-order valence-electron chi connectivity index (χ3n) is 4.42. The number of hydrogen-bond acceptors (Lipinski definition) is 6. The van der Waals surface area contributed by atoms with E-state index in [2.05, 4.69) is 25.9 Å². The van der Waals surface area contributed by atoms with E-state index in [4.69, 9.17) is 4.74 Å². The van der Waals surface area contributed by atoms with Crippen LogP contribution in [0, 0.1) is 0 Å². The molecule has 138 valence electrons. The topological polar surface area (TPSA) is 84.4 Å². The maximum Gasteiger partial charge on any atom is 0.263 e. The van der Waals surface area contributed by atoms with E-state index in [1.807, 2.05) is 18.2 Å². The molecule has 0 fully saturated rings. The second-order valence-corrected chi connectivity index (χ2v) is 7.77. The molecule has 2 heterocycles. The summed E-state index contributed by atoms with van der Waals surface area (Å²) in [4.78, 5) is 2.20. The molecule has 27 heavy (non-hydrogen) atoms. The predicted molar refractivity (Wildman–Crippen MR) is 103 cm³/mol. The molecule has 8 heteroatoms. The SMILES string of the molecule is COc1ccc(S(=O)(=O)Nc2ccc(N3CCc4ccccc43)nn2)cc1. The fourth-order valence-corrected chi connectivity index (χ4v) is 4.05. The number of hydrogen-bond donors (Lipinski definition) is 1. The Morgan fingerprint density at radius 1 is 1.00 bits per heavy atom. The molecular weight excluding hydrogens is 364 g/mol. The van der Waals surface area contributed by atoms with Gasteiger partial charge in [-0.15, -0.1) is 10.2 Å². The van der Waals surface area contributed by atoms with E-state index in [0.29, 0.717) is 11.6 Å². The van der Waals surface area contributed by atoms with E-state index in [9.17, 15) is 8.42 Å². The summed E-state index contributed by atoms with van der Waals surface area (Å²) < 4.78 is 32.4. The van der Waals surface area contributed by atoms with Crippen molar-refractivity contribution < 1.29 is 13.2 Å². The Morgan fingerprint density at radius 3 is 2.48 bits per heavy atom. The highest BCUT2D eigenvalue weighted by molar-refractivity contribution is 7.92. The molecule has 1 aliphatic heterocycles. The zero-order chi connectivity index (χ0) is 18.9. The summed E-state index contributed by atoms with van der Waals surface area (Å²) in [6.45, 7) is 0.824. The lowest BCUT2D eigenvalue weighted by Gasteiger charge is -2.17. The molecule has 2 aromatic carbocycles. The highest BCUT2D eigenvalue weighted by atomic mass is 32.2. The predicted octanol–water partition coefficient (Wildman–Crippen LogP) is 2.98. The lowest BCUT2D eigenvalue weighted by Crippen LogP contribution is -2.17. The Labute approximate surface area is 157 Å². The van der Waals surface area contributed by atoms with Gasteiger partial charge >= 0.3 is 0 Å². The van der Waals surface area contributed by atoms with E-state index in [0.717, 1.165) is 18.7 Å². The number of aromatic nitrogens is 2. The summed E-state index contributed by atoms with van der Waals surface area (Å²) in [6, 6.07) is 17.7. The van der Waals surface area contributed by atoms with Crippen LogP contribution >= 0.6 is 0 Å². The van der Waals surface area contributed by atoms with Crippen LogP contribution in [0.2, 0.25) is 0 Å². The average Bonchev–Trinajstić information content (AvgIpc) is 3.12. The van der Waals surface area contributed by atoms with Gasteiger partial charge in [-0.1, -0.05) is 18.2 Å². The van der Waals surface area contributed by atoms with Gasteiger partial charge in [0.1, 0.15) is 5.75 Å². The number of nitrogens with one attached hydrogen (secondary N) is 1. The quantitative estimate of drug-likeness (QED) is 0.730. The summed E-state index contributed by atoms with van der Waals surface area (Å²) in [5.41, 5.74) is 2.38. The number of fused-ring (bicyclic) bond motifs is 1. The van der Waals surface area contributed by atoms with Gasteiger partial charge in [-0.05, 0) is 54.4 Å². The second-order valence-electron chi connectivity index (χ2n) is 6.09. The Bertz CT molecular complexity index is 1050. The van der Waals surface area contributed by atoms with Crippen molar-refractivity contribution in [3.8, 4) is 5.75 Å². The molecule has 0 amide bonds. The van der Waals surface area contributed by atoms with Gasteiger partial charge < -0.3 is 9.64 Å². The van der Waals surface area contributed by atoms with E-state index in [1.54, 1.807) is 24.3 Å². The molecule has 0 unspecified atom stereocenters. The molecular formula is C19H18N4O3S. The van der Waals surface area contributed by atoms with Gasteiger partial charge in [-0.25, -0.2) is 8.42 Å². The van der Waals surface area contributed by atoms with Crippen molar-refractivity contribution in [3.05, 3.63) is 66.2 Å². The van der Waals surface area contributed by atoms with Crippen LogP contribution in [-0.2, 0) is 16.4 Å². The first-order chi connectivity index (χ1) is 13.1. The van der Waals surface area contributed by atoms with E-state index >= 15 is 0 Å². The smallest absolute Gasteiger partial charge is 0.263 e. The number of para-hydroxylation sites is 1. The van der Waals surface area contributed by atoms with Crippen LogP contribution in [0.5, 0.6) is 5.75 Å². The van der Waals surface area contributed by atoms with E-state index < -0.39 is 10.0 Å². The summed E-state index contributed by atoms with van der Waals surface area (Å²) in [7, 11) is -2.22. The number of anilines is 3. The first-order valence-corrected chi connectivity index (χ1v) is 9.91.